The Labute approximate surface area is 341 Å². The highest BCUT2D eigenvalue weighted by Crippen LogP contribution is 2.39. The molecule has 14 nitrogen and oxygen atoms in total. The van der Waals surface area contributed by atoms with E-state index in [0.717, 1.165) is 18.0 Å². The van der Waals surface area contributed by atoms with Gasteiger partial charge in [0.25, 0.3) is 0 Å². The summed E-state index contributed by atoms with van der Waals surface area (Å²) in [4.78, 5) is 43.2. The van der Waals surface area contributed by atoms with Gasteiger partial charge in [-0.25, -0.2) is 32.2 Å². The smallest absolute Gasteiger partial charge is 0.245 e. The third-order valence-corrected chi connectivity index (χ3v) is 12.8. The van der Waals surface area contributed by atoms with E-state index in [0.29, 0.717) is 116 Å². The van der Waals surface area contributed by atoms with Gasteiger partial charge in [-0.05, 0) is 56.5 Å². The summed E-state index contributed by atoms with van der Waals surface area (Å²) in [6.45, 7) is 5.03. The van der Waals surface area contributed by atoms with E-state index in [1.165, 1.54) is 28.9 Å². The summed E-state index contributed by atoms with van der Waals surface area (Å²) in [5, 5.41) is 8.65. The van der Waals surface area contributed by atoms with E-state index in [1.54, 1.807) is 6.20 Å². The third-order valence-electron chi connectivity index (χ3n) is 12.8. The molecule has 4 saturated heterocycles. The van der Waals surface area contributed by atoms with E-state index in [-0.39, 0.29) is 35.8 Å². The first-order chi connectivity index (χ1) is 29.2. The zero-order chi connectivity index (χ0) is 40.8. The molecule has 60 heavy (non-hydrogen) atoms. The van der Waals surface area contributed by atoms with Gasteiger partial charge in [-0.2, -0.15) is 15.1 Å². The maximum absolute atomic E-state index is 15.4. The lowest BCUT2D eigenvalue weighted by Gasteiger charge is -2.35. The first-order valence-electron chi connectivity index (χ1n) is 20.5. The van der Waals surface area contributed by atoms with Crippen molar-refractivity contribution in [3.63, 3.8) is 0 Å². The Morgan fingerprint density at radius 1 is 0.900 bits per heavy atom. The van der Waals surface area contributed by atoms with E-state index < -0.39 is 30.2 Å². The minimum atomic E-state index is -0.805. The Morgan fingerprint density at radius 3 is 2.63 bits per heavy atom. The van der Waals surface area contributed by atoms with Crippen LogP contribution >= 0.6 is 0 Å². The molecule has 0 radical (unpaired) electrons. The molecule has 9 heterocycles. The summed E-state index contributed by atoms with van der Waals surface area (Å²) in [5.41, 5.74) is 2.76. The molecule has 5 aliphatic rings. The van der Waals surface area contributed by atoms with Crippen LogP contribution in [0.2, 0.25) is 0 Å². The lowest BCUT2D eigenvalue weighted by molar-refractivity contribution is -0.133. The molecule has 8 bridgehead atoms. The molecule has 0 aliphatic carbocycles. The van der Waals surface area contributed by atoms with Gasteiger partial charge >= 0.3 is 0 Å². The van der Waals surface area contributed by atoms with Crippen molar-refractivity contribution in [1.29, 1.82) is 0 Å². The number of fused-ring (bicyclic) bond motifs is 10. The number of amides is 1. The van der Waals surface area contributed by atoms with Crippen LogP contribution in [0.1, 0.15) is 25.1 Å². The van der Waals surface area contributed by atoms with Crippen molar-refractivity contribution in [1.82, 2.24) is 44.1 Å². The van der Waals surface area contributed by atoms with Crippen LogP contribution in [-0.2, 0) is 16.1 Å². The van der Waals surface area contributed by atoms with Crippen molar-refractivity contribution in [2.75, 3.05) is 67.7 Å². The molecular weight excluding hydrogens is 781 g/mol. The number of aromatic nitrogens is 7. The number of rotatable bonds is 5. The molecule has 0 saturated carbocycles. The highest BCUT2D eigenvalue weighted by Gasteiger charge is 2.46. The molecular formula is C42H42F4N12O2. The molecule has 1 N–H and O–H groups in total. The second-order valence-electron chi connectivity index (χ2n) is 16.5. The number of nitrogens with one attached hydrogen (secondary N) is 1. The van der Waals surface area contributed by atoms with Crippen LogP contribution in [0.15, 0.2) is 54.7 Å². The zero-order valence-corrected chi connectivity index (χ0v) is 32.8. The van der Waals surface area contributed by atoms with Gasteiger partial charge in [0.05, 0.1) is 41.0 Å². The molecule has 2 aromatic carbocycles. The number of hydrogen-bond donors (Lipinski definition) is 1. The number of ether oxygens (including phenoxy) is 1. The molecule has 310 valence electrons. The van der Waals surface area contributed by atoms with Crippen molar-refractivity contribution < 1.29 is 27.1 Å². The summed E-state index contributed by atoms with van der Waals surface area (Å²) >= 11 is 0. The van der Waals surface area contributed by atoms with Crippen molar-refractivity contribution in [3.8, 4) is 16.9 Å². The number of carbonyl (C=O) groups excluding carboxylic acids is 1. The van der Waals surface area contributed by atoms with Gasteiger partial charge in [-0.1, -0.05) is 6.07 Å². The summed E-state index contributed by atoms with van der Waals surface area (Å²) < 4.78 is 68.0. The molecule has 0 unspecified atom stereocenters. The van der Waals surface area contributed by atoms with E-state index in [9.17, 15) is 8.78 Å². The quantitative estimate of drug-likeness (QED) is 0.240. The van der Waals surface area contributed by atoms with Gasteiger partial charge < -0.3 is 29.3 Å². The van der Waals surface area contributed by atoms with Gasteiger partial charge in [-0.15, -0.1) is 0 Å². The van der Waals surface area contributed by atoms with Gasteiger partial charge in [0, 0.05) is 81.7 Å². The van der Waals surface area contributed by atoms with Gasteiger partial charge in [0.15, 0.2) is 11.5 Å². The number of anilines is 3. The average molecular weight is 823 g/mol. The molecule has 4 aromatic heterocycles. The number of hydrogen-bond acceptors (Lipinski definition) is 11. The minimum Gasteiger partial charge on any atom is -0.374 e. The number of aryl methyl sites for hydroxylation is 1. The van der Waals surface area contributed by atoms with Crippen LogP contribution in [0.3, 0.4) is 0 Å². The first kappa shape index (κ1) is 37.1. The molecule has 6 aromatic rings. The van der Waals surface area contributed by atoms with Crippen molar-refractivity contribution in [2.45, 2.75) is 63.0 Å². The fourth-order valence-electron chi connectivity index (χ4n) is 10.1. The summed E-state index contributed by atoms with van der Waals surface area (Å²) in [6.07, 6.45) is 3.04. The number of likely N-dealkylation sites (tertiary alicyclic amines) is 1. The normalized spacial score (nSPS) is 24.3. The topological polar surface area (TPSA) is 126 Å². The highest BCUT2D eigenvalue weighted by atomic mass is 19.1. The Hall–Kier alpha value is -5.88. The van der Waals surface area contributed by atoms with Crippen LogP contribution in [0, 0.1) is 24.4 Å². The third kappa shape index (κ3) is 6.21. The zero-order valence-electron chi connectivity index (χ0n) is 32.8. The SMILES string of the molecule is Cc1nc2cc(F)cc3c2n1C[C@H]1CN(CCCO1)C(=O)[C@@H]1C[C@@H](CN1c1nc(N2C[C@H]4C[C@@H]2CN4CCF)nc2c1cnn2-c1ccc(F)cc1F)Nc1cccc-3n1. The van der Waals surface area contributed by atoms with Crippen LogP contribution in [0.25, 0.3) is 39.0 Å². The number of pyridine rings is 1. The Morgan fingerprint density at radius 2 is 1.80 bits per heavy atom. The van der Waals surface area contributed by atoms with E-state index >= 15 is 13.6 Å². The Balaban J connectivity index is 1.04. The molecule has 5 aliphatic heterocycles. The van der Waals surface area contributed by atoms with E-state index in [2.05, 4.69) is 20.2 Å². The van der Waals surface area contributed by atoms with Crippen molar-refractivity contribution >= 4 is 45.6 Å². The second kappa shape index (κ2) is 14.4. The minimum absolute atomic E-state index is 0.0162. The molecule has 4 fully saturated rings. The van der Waals surface area contributed by atoms with E-state index in [1.807, 2.05) is 39.5 Å². The number of imidazole rings is 1. The lowest BCUT2D eigenvalue weighted by Crippen LogP contribution is -2.49. The average Bonchev–Trinajstić information content (AvgIpc) is 4.05. The molecule has 5 atom stereocenters. The maximum Gasteiger partial charge on any atom is 0.245 e. The number of alkyl halides is 1. The summed E-state index contributed by atoms with van der Waals surface area (Å²) in [6, 6.07) is 11.0. The fourth-order valence-corrected chi connectivity index (χ4v) is 10.1. The molecule has 0 spiro atoms. The lowest BCUT2D eigenvalue weighted by atomic mass is 10.1. The number of halogens is 4. The van der Waals surface area contributed by atoms with E-state index in [4.69, 9.17) is 24.7 Å². The van der Waals surface area contributed by atoms with Gasteiger partial charge in [0.2, 0.25) is 11.9 Å². The molecule has 1 amide bonds. The Bertz CT molecular complexity index is 2670. The van der Waals surface area contributed by atoms with Crippen LogP contribution < -0.4 is 15.1 Å². The standard InChI is InChI=1S/C42H42F4N12O2/c1-23-48-34-14-25(45)12-30-33-4-2-5-37(50-33)49-26-15-36(41(59)54-9-3-11-60-29(21-54)22-55(23)38(30)34)57(18-26)39-31-17-47-58(35-7-6-24(44)13-32(35)46)40(31)52-42(51-39)56-20-27-16-28(56)19-53(27)10-8-43/h2,4-7,12-14,17,26-29,36H,3,8-11,15-16,18-22H2,1H3,(H,49,50)/t26-,27+,28+,29+,36-/m0/s1. The van der Waals surface area contributed by atoms with Gasteiger partial charge in [0.1, 0.15) is 47.5 Å². The Kier molecular flexibility index (Phi) is 8.91. The van der Waals surface area contributed by atoms with Crippen molar-refractivity contribution in [2.24, 2.45) is 0 Å². The second-order valence-corrected chi connectivity index (χ2v) is 16.5. The summed E-state index contributed by atoms with van der Waals surface area (Å²) in [7, 11) is 0. The number of nitrogens with zero attached hydrogens (tertiary/aromatic N) is 11. The predicted molar refractivity (Wildman–Crippen MR) is 215 cm³/mol. The largest absolute Gasteiger partial charge is 0.374 e. The van der Waals surface area contributed by atoms with Crippen molar-refractivity contribution in [3.05, 3.63) is 78.0 Å². The monoisotopic (exact) mass is 822 g/mol. The fraction of sp³-hybridized carbons (Fsp3) is 0.429. The van der Waals surface area contributed by atoms with Crippen LogP contribution in [0.4, 0.5) is 35.1 Å². The van der Waals surface area contributed by atoms with Gasteiger partial charge in [-0.3, -0.25) is 9.69 Å². The first-order valence-corrected chi connectivity index (χ1v) is 20.5. The van der Waals surface area contributed by atoms with Crippen LogP contribution in [0.5, 0.6) is 0 Å². The highest BCUT2D eigenvalue weighted by molar-refractivity contribution is 5.94. The molecule has 18 heteroatoms. The summed E-state index contributed by atoms with van der Waals surface area (Å²) in [5.74, 6) is 0.0658. The number of piperazine rings is 1. The number of carbonyl (C=O) groups is 1. The maximum atomic E-state index is 15.4. The molecule has 11 rings (SSSR count). The van der Waals surface area contributed by atoms with Crippen LogP contribution in [-0.4, -0.2) is 133 Å². The predicted octanol–water partition coefficient (Wildman–Crippen LogP) is 4.88. The number of benzene rings is 2.